The first-order valence-electron chi connectivity index (χ1n) is 9.88. The second kappa shape index (κ2) is 8.87. The highest BCUT2D eigenvalue weighted by Crippen LogP contribution is 2.37. The van der Waals surface area contributed by atoms with Gasteiger partial charge in [-0.25, -0.2) is 13.4 Å². The standard InChI is InChI=1S/C23H22N2O5S/c26-18-8-6-17(7-9-18)23(12-14-30-15-13-23)22(27)25-21-3-1-2-20(24-21)16-4-10-19(11-5-16)31(28)29/h1-11,26,31H,12-15H2,(H,24,25,27). The molecule has 3 aromatic rings. The zero-order valence-electron chi connectivity index (χ0n) is 16.7. The van der Waals surface area contributed by atoms with Crippen LogP contribution in [0.2, 0.25) is 0 Å². The average molecular weight is 439 g/mol. The first-order chi connectivity index (χ1) is 15.0. The number of hydrogen-bond donors (Lipinski definition) is 3. The van der Waals surface area contributed by atoms with Gasteiger partial charge in [-0.2, -0.15) is 0 Å². The van der Waals surface area contributed by atoms with Crippen LogP contribution in [0.4, 0.5) is 5.82 Å². The lowest BCUT2D eigenvalue weighted by Gasteiger charge is -2.36. The van der Waals surface area contributed by atoms with Gasteiger partial charge in [-0.1, -0.05) is 30.3 Å². The largest absolute Gasteiger partial charge is 0.508 e. The summed E-state index contributed by atoms with van der Waals surface area (Å²) >= 11 is 0. The number of ether oxygens (including phenoxy) is 1. The van der Waals surface area contributed by atoms with Gasteiger partial charge in [-0.05, 0) is 54.8 Å². The summed E-state index contributed by atoms with van der Waals surface area (Å²) in [4.78, 5) is 18.2. The Labute approximate surface area is 181 Å². The second-order valence-electron chi connectivity index (χ2n) is 7.41. The number of rotatable bonds is 5. The molecule has 0 aliphatic carbocycles. The Hall–Kier alpha value is -3.23. The lowest BCUT2D eigenvalue weighted by molar-refractivity contribution is -0.125. The Morgan fingerprint density at radius 3 is 2.29 bits per heavy atom. The van der Waals surface area contributed by atoms with Gasteiger partial charge in [0.25, 0.3) is 0 Å². The maximum absolute atomic E-state index is 13.4. The Bertz CT molecular complexity index is 1140. The number of phenolic OH excluding ortho intramolecular Hbond substituents is 1. The van der Waals surface area contributed by atoms with Crippen LogP contribution in [0.25, 0.3) is 11.3 Å². The van der Waals surface area contributed by atoms with Gasteiger partial charge in [0.2, 0.25) is 5.91 Å². The summed E-state index contributed by atoms with van der Waals surface area (Å²) in [6.45, 7) is 0.937. The zero-order valence-corrected chi connectivity index (χ0v) is 17.5. The van der Waals surface area contributed by atoms with E-state index in [-0.39, 0.29) is 16.6 Å². The predicted octanol–water partition coefficient (Wildman–Crippen LogP) is 3.11. The molecule has 160 valence electrons. The topological polar surface area (TPSA) is 106 Å². The minimum atomic E-state index is -2.64. The minimum absolute atomic E-state index is 0.147. The molecule has 0 saturated carbocycles. The molecule has 1 amide bonds. The molecule has 7 nitrogen and oxygen atoms in total. The fraction of sp³-hybridized carbons (Fsp3) is 0.217. The highest BCUT2D eigenvalue weighted by Gasteiger charge is 2.41. The first-order valence-corrected chi connectivity index (χ1v) is 11.1. The molecular formula is C23H22N2O5S. The molecule has 1 aromatic heterocycles. The molecule has 0 radical (unpaired) electrons. The Morgan fingerprint density at radius 1 is 0.968 bits per heavy atom. The van der Waals surface area contributed by atoms with E-state index in [1.807, 2.05) is 0 Å². The van der Waals surface area contributed by atoms with Crippen LogP contribution in [-0.2, 0) is 25.7 Å². The minimum Gasteiger partial charge on any atom is -0.508 e. The number of thiol groups is 1. The van der Waals surface area contributed by atoms with E-state index >= 15 is 0 Å². The van der Waals surface area contributed by atoms with Crippen molar-refractivity contribution in [1.29, 1.82) is 0 Å². The molecule has 0 atom stereocenters. The molecule has 1 saturated heterocycles. The Morgan fingerprint density at radius 2 is 1.65 bits per heavy atom. The third-order valence-electron chi connectivity index (χ3n) is 5.57. The van der Waals surface area contributed by atoms with E-state index in [0.29, 0.717) is 37.6 Å². The van der Waals surface area contributed by atoms with Crippen LogP contribution in [0.15, 0.2) is 71.6 Å². The molecule has 31 heavy (non-hydrogen) atoms. The van der Waals surface area contributed by atoms with E-state index < -0.39 is 16.1 Å². The summed E-state index contributed by atoms with van der Waals surface area (Å²) in [6.07, 6.45) is 1.05. The Kier molecular flexibility index (Phi) is 6.01. The van der Waals surface area contributed by atoms with E-state index in [1.165, 1.54) is 12.1 Å². The van der Waals surface area contributed by atoms with Crippen molar-refractivity contribution >= 4 is 22.4 Å². The monoisotopic (exact) mass is 438 g/mol. The normalized spacial score (nSPS) is 15.5. The van der Waals surface area contributed by atoms with Crippen molar-refractivity contribution in [3.05, 3.63) is 72.3 Å². The molecule has 4 rings (SSSR count). The fourth-order valence-corrected chi connectivity index (χ4v) is 4.19. The Balaban J connectivity index is 1.61. The predicted molar refractivity (Wildman–Crippen MR) is 117 cm³/mol. The van der Waals surface area contributed by atoms with Crippen LogP contribution in [-0.4, -0.2) is 37.6 Å². The molecule has 1 fully saturated rings. The fourth-order valence-electron chi connectivity index (χ4n) is 3.80. The van der Waals surface area contributed by atoms with E-state index in [0.717, 1.165) is 11.1 Å². The molecular weight excluding hydrogens is 416 g/mol. The lowest BCUT2D eigenvalue weighted by atomic mass is 9.73. The van der Waals surface area contributed by atoms with Crippen molar-refractivity contribution in [3.63, 3.8) is 0 Å². The van der Waals surface area contributed by atoms with Crippen molar-refractivity contribution in [2.75, 3.05) is 18.5 Å². The van der Waals surface area contributed by atoms with Gasteiger partial charge in [-0.3, -0.25) is 4.79 Å². The SMILES string of the molecule is O=C(Nc1cccc(-c2ccc([SH](=O)=O)cc2)n1)C1(c2ccc(O)cc2)CCOCC1. The summed E-state index contributed by atoms with van der Waals surface area (Å²) in [5, 5.41) is 12.6. The van der Waals surface area contributed by atoms with Crippen molar-refractivity contribution in [1.82, 2.24) is 4.98 Å². The van der Waals surface area contributed by atoms with Crippen LogP contribution >= 0.6 is 0 Å². The average Bonchev–Trinajstić information content (AvgIpc) is 2.80. The highest BCUT2D eigenvalue weighted by molar-refractivity contribution is 7.72. The van der Waals surface area contributed by atoms with Gasteiger partial charge < -0.3 is 15.2 Å². The summed E-state index contributed by atoms with van der Waals surface area (Å²) < 4.78 is 27.7. The third-order valence-corrected chi connectivity index (χ3v) is 6.29. The molecule has 0 bridgehead atoms. The summed E-state index contributed by atoms with van der Waals surface area (Å²) in [5.41, 5.74) is 1.42. The summed E-state index contributed by atoms with van der Waals surface area (Å²) in [7, 11) is -2.64. The number of benzene rings is 2. The van der Waals surface area contributed by atoms with Crippen LogP contribution in [0.1, 0.15) is 18.4 Å². The molecule has 8 heteroatoms. The number of anilines is 1. The number of hydrogen-bond acceptors (Lipinski definition) is 6. The molecule has 2 N–H and O–H groups in total. The number of carbonyl (C=O) groups is 1. The highest BCUT2D eigenvalue weighted by atomic mass is 32.2. The lowest BCUT2D eigenvalue weighted by Crippen LogP contribution is -2.45. The number of nitrogens with one attached hydrogen (secondary N) is 1. The number of phenols is 1. The first kappa shape index (κ1) is 21.0. The number of pyridine rings is 1. The maximum atomic E-state index is 13.4. The van der Waals surface area contributed by atoms with Crippen LogP contribution < -0.4 is 5.32 Å². The van der Waals surface area contributed by atoms with Crippen LogP contribution in [0.3, 0.4) is 0 Å². The number of aromatic nitrogens is 1. The van der Waals surface area contributed by atoms with E-state index in [4.69, 9.17) is 4.74 Å². The summed E-state index contributed by atoms with van der Waals surface area (Å²) in [5.74, 6) is 0.379. The number of nitrogens with zero attached hydrogens (tertiary/aromatic N) is 1. The molecule has 1 aliphatic heterocycles. The van der Waals surface area contributed by atoms with Gasteiger partial charge in [-0.15, -0.1) is 0 Å². The second-order valence-corrected chi connectivity index (χ2v) is 8.44. The van der Waals surface area contributed by atoms with Crippen molar-refractivity contribution < 1.29 is 23.1 Å². The molecule has 1 aliphatic rings. The third kappa shape index (κ3) is 4.45. The van der Waals surface area contributed by atoms with E-state index in [9.17, 15) is 18.3 Å². The van der Waals surface area contributed by atoms with Crippen LogP contribution in [0.5, 0.6) is 5.75 Å². The van der Waals surface area contributed by atoms with Crippen molar-refractivity contribution in [2.24, 2.45) is 0 Å². The van der Waals surface area contributed by atoms with Crippen molar-refractivity contribution in [3.8, 4) is 17.0 Å². The number of aromatic hydroxyl groups is 1. The van der Waals surface area contributed by atoms with Gasteiger partial charge in [0.05, 0.1) is 16.0 Å². The van der Waals surface area contributed by atoms with Gasteiger partial charge in [0.15, 0.2) is 10.7 Å². The van der Waals surface area contributed by atoms with Gasteiger partial charge >= 0.3 is 0 Å². The van der Waals surface area contributed by atoms with Gasteiger partial charge in [0, 0.05) is 18.8 Å². The quantitative estimate of drug-likeness (QED) is 0.529. The molecule has 0 spiro atoms. The smallest absolute Gasteiger partial charge is 0.236 e. The summed E-state index contributed by atoms with van der Waals surface area (Å²) in [6, 6.07) is 18.4. The van der Waals surface area contributed by atoms with E-state index in [2.05, 4.69) is 10.3 Å². The zero-order chi connectivity index (χ0) is 21.8. The van der Waals surface area contributed by atoms with Crippen molar-refractivity contribution in [2.45, 2.75) is 23.2 Å². The van der Waals surface area contributed by atoms with Crippen LogP contribution in [0, 0.1) is 0 Å². The molecule has 2 heterocycles. The number of amides is 1. The molecule has 0 unspecified atom stereocenters. The molecule has 2 aromatic carbocycles. The van der Waals surface area contributed by atoms with E-state index in [1.54, 1.807) is 54.6 Å². The maximum Gasteiger partial charge on any atom is 0.236 e. The number of carbonyl (C=O) groups excluding carboxylic acids is 1. The van der Waals surface area contributed by atoms with Gasteiger partial charge in [0.1, 0.15) is 11.6 Å².